The molecule has 0 aliphatic heterocycles. The zero-order valence-corrected chi connectivity index (χ0v) is 14.9. The number of hydrogen-bond acceptors (Lipinski definition) is 6. The molecule has 0 aliphatic rings. The van der Waals surface area contributed by atoms with Crippen LogP contribution in [0, 0.1) is 6.92 Å². The number of aromatic nitrogens is 2. The fourth-order valence-electron chi connectivity index (χ4n) is 2.33. The number of nitrogens with one attached hydrogen (secondary N) is 1. The van der Waals surface area contributed by atoms with E-state index in [2.05, 4.69) is 15.3 Å². The van der Waals surface area contributed by atoms with E-state index in [0.29, 0.717) is 27.2 Å². The topological polar surface area (TPSA) is 68.0 Å². The van der Waals surface area contributed by atoms with Gasteiger partial charge in [0.15, 0.2) is 10.9 Å². The van der Waals surface area contributed by atoms with E-state index >= 15 is 0 Å². The van der Waals surface area contributed by atoms with Crippen LogP contribution in [0.3, 0.4) is 0 Å². The van der Waals surface area contributed by atoms with Crippen LogP contribution in [0.25, 0.3) is 22.0 Å². The van der Waals surface area contributed by atoms with Crippen molar-refractivity contribution in [2.75, 3.05) is 5.32 Å². The molecule has 4 aromatic rings. The Morgan fingerprint density at radius 3 is 2.72 bits per heavy atom. The average Bonchev–Trinajstić information content (AvgIpc) is 3.35. The second-order valence-corrected chi connectivity index (χ2v) is 7.13. The molecule has 0 saturated carbocycles. The molecule has 5 nitrogen and oxygen atoms in total. The maximum Gasteiger partial charge on any atom is 0.269 e. The number of amides is 1. The lowest BCUT2D eigenvalue weighted by Crippen LogP contribution is -2.11. The number of carbonyl (C=O) groups is 1. The van der Waals surface area contributed by atoms with E-state index in [1.165, 1.54) is 22.7 Å². The van der Waals surface area contributed by atoms with E-state index in [-0.39, 0.29) is 5.91 Å². The van der Waals surface area contributed by atoms with Gasteiger partial charge in [-0.3, -0.25) is 10.1 Å². The van der Waals surface area contributed by atoms with Crippen molar-refractivity contribution in [3.05, 3.63) is 64.7 Å². The predicted octanol–water partition coefficient (Wildman–Crippen LogP) is 5.09. The normalized spacial score (nSPS) is 10.8. The number of hydrogen-bond donors (Lipinski definition) is 1. The molecule has 0 saturated heterocycles. The van der Waals surface area contributed by atoms with E-state index < -0.39 is 0 Å². The van der Waals surface area contributed by atoms with E-state index in [1.54, 1.807) is 12.3 Å². The maximum absolute atomic E-state index is 12.6. The second-order valence-electron chi connectivity index (χ2n) is 5.27. The van der Waals surface area contributed by atoms with Gasteiger partial charge in [0.25, 0.3) is 5.91 Å². The van der Waals surface area contributed by atoms with Crippen LogP contribution in [0.5, 0.6) is 0 Å². The molecule has 1 N–H and O–H groups in total. The SMILES string of the molecule is Cc1nc(-c2ccccc2)sc1C(=O)Nc1nc(-c2ccco2)cs1. The monoisotopic (exact) mass is 367 g/mol. The summed E-state index contributed by atoms with van der Waals surface area (Å²) in [5.74, 6) is 0.481. The quantitative estimate of drug-likeness (QED) is 0.546. The van der Waals surface area contributed by atoms with Crippen molar-refractivity contribution >= 4 is 33.7 Å². The van der Waals surface area contributed by atoms with Crippen LogP contribution >= 0.6 is 22.7 Å². The third-order valence-electron chi connectivity index (χ3n) is 3.52. The molecule has 0 fully saturated rings. The minimum atomic E-state index is -0.197. The number of thiazole rings is 2. The van der Waals surface area contributed by atoms with Crippen LogP contribution < -0.4 is 5.32 Å². The fraction of sp³-hybridized carbons (Fsp3) is 0.0556. The van der Waals surface area contributed by atoms with Crippen molar-refractivity contribution in [2.45, 2.75) is 6.92 Å². The Morgan fingerprint density at radius 1 is 1.12 bits per heavy atom. The van der Waals surface area contributed by atoms with E-state index in [0.717, 1.165) is 10.6 Å². The minimum Gasteiger partial charge on any atom is -0.463 e. The van der Waals surface area contributed by atoms with Crippen molar-refractivity contribution < 1.29 is 9.21 Å². The highest BCUT2D eigenvalue weighted by Crippen LogP contribution is 2.29. The summed E-state index contributed by atoms with van der Waals surface area (Å²) in [4.78, 5) is 22.1. The van der Waals surface area contributed by atoms with Crippen molar-refractivity contribution in [3.63, 3.8) is 0 Å². The van der Waals surface area contributed by atoms with E-state index in [9.17, 15) is 4.79 Å². The lowest BCUT2D eigenvalue weighted by Gasteiger charge is -1.99. The van der Waals surface area contributed by atoms with Crippen LogP contribution in [0.4, 0.5) is 5.13 Å². The molecular formula is C18H13N3O2S2. The van der Waals surface area contributed by atoms with Gasteiger partial charge >= 0.3 is 0 Å². The smallest absolute Gasteiger partial charge is 0.269 e. The van der Waals surface area contributed by atoms with Gasteiger partial charge in [-0.05, 0) is 19.1 Å². The van der Waals surface area contributed by atoms with Crippen molar-refractivity contribution in [1.29, 1.82) is 0 Å². The Balaban J connectivity index is 1.55. The standard InChI is InChI=1S/C18H13N3O2S2/c1-11-15(25-17(19-11)12-6-3-2-4-7-12)16(22)21-18-20-13(10-24-18)14-8-5-9-23-14/h2-10H,1H3,(H,20,21,22). The van der Waals surface area contributed by atoms with Crippen molar-refractivity contribution in [3.8, 4) is 22.0 Å². The molecule has 0 radical (unpaired) electrons. The van der Waals surface area contributed by atoms with Crippen molar-refractivity contribution in [2.24, 2.45) is 0 Å². The predicted molar refractivity (Wildman–Crippen MR) is 100 cm³/mol. The summed E-state index contributed by atoms with van der Waals surface area (Å²) >= 11 is 2.74. The number of benzene rings is 1. The van der Waals surface area contributed by atoms with Gasteiger partial charge < -0.3 is 4.42 Å². The summed E-state index contributed by atoms with van der Waals surface area (Å²) in [6.07, 6.45) is 1.60. The first-order valence-electron chi connectivity index (χ1n) is 7.54. The molecule has 1 aromatic carbocycles. The summed E-state index contributed by atoms with van der Waals surface area (Å²) in [5, 5.41) is 6.06. The molecule has 3 heterocycles. The molecule has 1 amide bonds. The molecule has 124 valence electrons. The van der Waals surface area contributed by atoms with Gasteiger partial charge in [-0.15, -0.1) is 22.7 Å². The van der Waals surface area contributed by atoms with Gasteiger partial charge in [0.1, 0.15) is 15.6 Å². The molecule has 3 aromatic heterocycles. The summed E-state index contributed by atoms with van der Waals surface area (Å²) < 4.78 is 5.32. The van der Waals surface area contributed by atoms with E-state index in [1.807, 2.05) is 48.7 Å². The summed E-state index contributed by atoms with van der Waals surface area (Å²) in [6, 6.07) is 13.5. The van der Waals surface area contributed by atoms with Gasteiger partial charge in [0, 0.05) is 10.9 Å². The Labute approximate surface area is 152 Å². The Kier molecular flexibility index (Phi) is 4.17. The van der Waals surface area contributed by atoms with Gasteiger partial charge in [-0.25, -0.2) is 9.97 Å². The average molecular weight is 367 g/mol. The molecule has 0 spiro atoms. The highest BCUT2D eigenvalue weighted by atomic mass is 32.1. The Bertz CT molecular complexity index is 1000. The molecule has 0 unspecified atom stereocenters. The first kappa shape index (κ1) is 15.7. The van der Waals surface area contributed by atoms with Gasteiger partial charge in [0.2, 0.25) is 0 Å². The zero-order chi connectivity index (χ0) is 17.2. The molecule has 0 aliphatic carbocycles. The first-order valence-corrected chi connectivity index (χ1v) is 9.24. The summed E-state index contributed by atoms with van der Waals surface area (Å²) in [5.41, 5.74) is 2.42. The molecule has 7 heteroatoms. The van der Waals surface area contributed by atoms with Crippen LogP contribution in [0.15, 0.2) is 58.5 Å². The van der Waals surface area contributed by atoms with Gasteiger partial charge in [0.05, 0.1) is 12.0 Å². The third-order valence-corrected chi connectivity index (χ3v) is 5.48. The highest BCUT2D eigenvalue weighted by molar-refractivity contribution is 7.17. The second kappa shape index (κ2) is 6.62. The first-order chi connectivity index (χ1) is 12.2. The Hall–Kier alpha value is -2.77. The summed E-state index contributed by atoms with van der Waals surface area (Å²) in [6.45, 7) is 1.84. The zero-order valence-electron chi connectivity index (χ0n) is 13.2. The molecular weight excluding hydrogens is 354 g/mol. The maximum atomic E-state index is 12.6. The van der Waals surface area contributed by atoms with Crippen LogP contribution in [0.1, 0.15) is 15.4 Å². The fourth-order valence-corrected chi connectivity index (χ4v) is 4.00. The van der Waals surface area contributed by atoms with Crippen LogP contribution in [0.2, 0.25) is 0 Å². The van der Waals surface area contributed by atoms with Crippen LogP contribution in [-0.4, -0.2) is 15.9 Å². The lowest BCUT2D eigenvalue weighted by atomic mass is 10.2. The number of furan rings is 1. The summed E-state index contributed by atoms with van der Waals surface area (Å²) in [7, 11) is 0. The van der Waals surface area contributed by atoms with Gasteiger partial charge in [-0.2, -0.15) is 0 Å². The molecule has 0 atom stereocenters. The van der Waals surface area contributed by atoms with Crippen LogP contribution in [-0.2, 0) is 0 Å². The van der Waals surface area contributed by atoms with E-state index in [4.69, 9.17) is 4.42 Å². The molecule has 0 bridgehead atoms. The number of anilines is 1. The third kappa shape index (κ3) is 3.24. The van der Waals surface area contributed by atoms with Crippen molar-refractivity contribution in [1.82, 2.24) is 9.97 Å². The van der Waals surface area contributed by atoms with Gasteiger partial charge in [-0.1, -0.05) is 30.3 Å². The number of aryl methyl sites for hydroxylation is 1. The highest BCUT2D eigenvalue weighted by Gasteiger charge is 2.18. The molecule has 25 heavy (non-hydrogen) atoms. The Morgan fingerprint density at radius 2 is 1.96 bits per heavy atom. The largest absolute Gasteiger partial charge is 0.463 e. The minimum absolute atomic E-state index is 0.197. The molecule has 4 rings (SSSR count). The lowest BCUT2D eigenvalue weighted by molar-refractivity contribution is 0.103. The number of nitrogens with zero attached hydrogens (tertiary/aromatic N) is 2. The number of carbonyl (C=O) groups excluding carboxylic acids is 1. The number of rotatable bonds is 4.